The van der Waals surface area contributed by atoms with Gasteiger partial charge in [-0.2, -0.15) is 5.26 Å². The van der Waals surface area contributed by atoms with Crippen molar-refractivity contribution >= 4 is 18.4 Å². The molecule has 0 saturated carbocycles. The number of nitriles is 1. The molecule has 1 saturated heterocycles. The van der Waals surface area contributed by atoms with E-state index in [1.165, 1.54) is 0 Å². The zero-order valence-electron chi connectivity index (χ0n) is 9.09. The van der Waals surface area contributed by atoms with Crippen molar-refractivity contribution in [2.75, 3.05) is 13.1 Å². The topological polar surface area (TPSA) is 73.1 Å². The molecule has 4 nitrogen and oxygen atoms in total. The van der Waals surface area contributed by atoms with E-state index in [0.29, 0.717) is 18.7 Å². The first-order chi connectivity index (χ1) is 7.72. The van der Waals surface area contributed by atoms with Gasteiger partial charge in [-0.3, -0.25) is 4.79 Å². The molecule has 0 unspecified atom stereocenters. The van der Waals surface area contributed by atoms with Crippen LogP contribution in [0.5, 0.6) is 0 Å². The van der Waals surface area contributed by atoms with E-state index >= 15 is 0 Å². The Labute approximate surface area is 106 Å². The first kappa shape index (κ1) is 13.5. The largest absolute Gasteiger partial charge is 0.481 e. The number of carboxylic acids is 1. The molecule has 5 heteroatoms. The minimum atomic E-state index is -0.780. The number of hydrogen-bond donors (Lipinski definition) is 2. The quantitative estimate of drug-likeness (QED) is 0.834. The summed E-state index contributed by atoms with van der Waals surface area (Å²) in [6.45, 7) is 1.16. The number of carboxylic acid groups (broad SMARTS) is 1. The Bertz CT molecular complexity index is 456. The number of aliphatic carboxylic acids is 1. The Morgan fingerprint density at radius 3 is 2.88 bits per heavy atom. The van der Waals surface area contributed by atoms with Crippen LogP contribution in [-0.2, 0) is 4.79 Å². The molecular weight excluding hydrogens is 240 g/mol. The molecule has 0 amide bonds. The molecule has 1 aromatic carbocycles. The second-order valence-electron chi connectivity index (χ2n) is 3.95. The standard InChI is InChI=1S/C12H12N2O2.ClH/c13-5-8-2-1-3-9(4-8)10-6-14-7-11(10)12(15)16;/h1-4,10-11,14H,6-7H2,(H,15,16);1H/t10-,11+;/m1./s1. The number of carbonyl (C=O) groups is 1. The third-order valence-corrected chi connectivity index (χ3v) is 2.98. The second-order valence-corrected chi connectivity index (χ2v) is 3.95. The summed E-state index contributed by atoms with van der Waals surface area (Å²) in [5.74, 6) is -1.21. The van der Waals surface area contributed by atoms with Crippen molar-refractivity contribution in [3.8, 4) is 6.07 Å². The predicted molar refractivity (Wildman–Crippen MR) is 65.1 cm³/mol. The summed E-state index contributed by atoms with van der Waals surface area (Å²) in [6.07, 6.45) is 0. The lowest BCUT2D eigenvalue weighted by atomic mass is 9.88. The van der Waals surface area contributed by atoms with Crippen molar-refractivity contribution in [1.29, 1.82) is 5.26 Å². The molecule has 2 rings (SSSR count). The fourth-order valence-electron chi connectivity index (χ4n) is 2.13. The highest BCUT2D eigenvalue weighted by molar-refractivity contribution is 5.85. The summed E-state index contributed by atoms with van der Waals surface area (Å²) in [4.78, 5) is 11.0. The molecule has 1 aliphatic heterocycles. The van der Waals surface area contributed by atoms with Gasteiger partial charge in [0, 0.05) is 19.0 Å². The molecule has 17 heavy (non-hydrogen) atoms. The molecule has 90 valence electrons. The second kappa shape index (κ2) is 5.67. The summed E-state index contributed by atoms with van der Waals surface area (Å²) >= 11 is 0. The third kappa shape index (κ3) is 2.76. The first-order valence-corrected chi connectivity index (χ1v) is 5.16. The molecule has 2 N–H and O–H groups in total. The van der Waals surface area contributed by atoms with E-state index in [4.69, 9.17) is 10.4 Å². The highest BCUT2D eigenvalue weighted by Crippen LogP contribution is 2.28. The monoisotopic (exact) mass is 252 g/mol. The van der Waals surface area contributed by atoms with Crippen molar-refractivity contribution in [2.45, 2.75) is 5.92 Å². The minimum absolute atomic E-state index is 0. The van der Waals surface area contributed by atoms with Gasteiger partial charge in [0.25, 0.3) is 0 Å². The zero-order valence-corrected chi connectivity index (χ0v) is 9.91. The van der Waals surface area contributed by atoms with Crippen LogP contribution in [0.1, 0.15) is 17.0 Å². The number of halogens is 1. The lowest BCUT2D eigenvalue weighted by Crippen LogP contribution is -2.21. The predicted octanol–water partition coefficient (Wildman–Crippen LogP) is 1.37. The van der Waals surface area contributed by atoms with Gasteiger partial charge in [0.1, 0.15) is 0 Å². The molecule has 0 aliphatic carbocycles. The fourth-order valence-corrected chi connectivity index (χ4v) is 2.13. The number of benzene rings is 1. The molecule has 0 spiro atoms. The average Bonchev–Trinajstić information content (AvgIpc) is 2.78. The maximum atomic E-state index is 11.0. The van der Waals surface area contributed by atoms with Gasteiger partial charge < -0.3 is 10.4 Å². The van der Waals surface area contributed by atoms with Gasteiger partial charge in [0.15, 0.2) is 0 Å². The van der Waals surface area contributed by atoms with Gasteiger partial charge in [-0.25, -0.2) is 0 Å². The molecule has 0 aromatic heterocycles. The van der Waals surface area contributed by atoms with Gasteiger partial charge in [-0.05, 0) is 17.7 Å². The van der Waals surface area contributed by atoms with Crippen LogP contribution < -0.4 is 5.32 Å². The van der Waals surface area contributed by atoms with Gasteiger partial charge in [0.05, 0.1) is 17.6 Å². The van der Waals surface area contributed by atoms with Crippen LogP contribution in [0, 0.1) is 17.2 Å². The van der Waals surface area contributed by atoms with E-state index in [-0.39, 0.29) is 18.3 Å². The van der Waals surface area contributed by atoms with Gasteiger partial charge in [-0.15, -0.1) is 12.4 Å². The van der Waals surface area contributed by atoms with Crippen molar-refractivity contribution in [1.82, 2.24) is 5.32 Å². The average molecular weight is 253 g/mol. The highest BCUT2D eigenvalue weighted by atomic mass is 35.5. The third-order valence-electron chi connectivity index (χ3n) is 2.98. The van der Waals surface area contributed by atoms with E-state index < -0.39 is 11.9 Å². The van der Waals surface area contributed by atoms with Crippen LogP contribution in [0.4, 0.5) is 0 Å². The lowest BCUT2D eigenvalue weighted by Gasteiger charge is -2.14. The number of hydrogen-bond acceptors (Lipinski definition) is 3. The van der Waals surface area contributed by atoms with Crippen LogP contribution in [-0.4, -0.2) is 24.2 Å². The van der Waals surface area contributed by atoms with Crippen molar-refractivity contribution in [3.63, 3.8) is 0 Å². The van der Waals surface area contributed by atoms with Crippen LogP contribution >= 0.6 is 12.4 Å². The molecular formula is C12H13ClN2O2. The zero-order chi connectivity index (χ0) is 11.5. The summed E-state index contributed by atoms with van der Waals surface area (Å²) < 4.78 is 0. The SMILES string of the molecule is Cl.N#Cc1cccc([C@H]2CNC[C@@H]2C(=O)O)c1. The molecule has 2 atom stereocenters. The fraction of sp³-hybridized carbons (Fsp3) is 0.333. The molecule has 1 fully saturated rings. The smallest absolute Gasteiger partial charge is 0.308 e. The van der Waals surface area contributed by atoms with E-state index in [1.807, 2.05) is 6.07 Å². The number of nitrogens with zero attached hydrogens (tertiary/aromatic N) is 1. The molecule has 1 aliphatic rings. The van der Waals surface area contributed by atoms with Crippen LogP contribution in [0.15, 0.2) is 24.3 Å². The van der Waals surface area contributed by atoms with Gasteiger partial charge in [0.2, 0.25) is 0 Å². The molecule has 1 heterocycles. The Kier molecular flexibility index (Phi) is 4.50. The van der Waals surface area contributed by atoms with Crippen LogP contribution in [0.25, 0.3) is 0 Å². The van der Waals surface area contributed by atoms with Crippen LogP contribution in [0.2, 0.25) is 0 Å². The molecule has 0 bridgehead atoms. The normalized spacial score (nSPS) is 22.5. The Morgan fingerprint density at radius 1 is 1.47 bits per heavy atom. The van der Waals surface area contributed by atoms with Crippen LogP contribution in [0.3, 0.4) is 0 Å². The molecule has 0 radical (unpaired) electrons. The lowest BCUT2D eigenvalue weighted by molar-refractivity contribution is -0.141. The van der Waals surface area contributed by atoms with Crippen molar-refractivity contribution in [2.24, 2.45) is 5.92 Å². The minimum Gasteiger partial charge on any atom is -0.481 e. The van der Waals surface area contributed by atoms with Gasteiger partial charge >= 0.3 is 5.97 Å². The van der Waals surface area contributed by atoms with E-state index in [0.717, 1.165) is 5.56 Å². The first-order valence-electron chi connectivity index (χ1n) is 5.16. The summed E-state index contributed by atoms with van der Waals surface area (Å²) in [5, 5.41) is 20.9. The summed E-state index contributed by atoms with van der Waals surface area (Å²) in [6, 6.07) is 9.24. The highest BCUT2D eigenvalue weighted by Gasteiger charge is 2.33. The van der Waals surface area contributed by atoms with E-state index in [9.17, 15) is 4.79 Å². The van der Waals surface area contributed by atoms with E-state index in [1.54, 1.807) is 18.2 Å². The number of rotatable bonds is 2. The Balaban J connectivity index is 0.00000144. The van der Waals surface area contributed by atoms with Gasteiger partial charge in [-0.1, -0.05) is 12.1 Å². The number of nitrogens with one attached hydrogen (secondary N) is 1. The summed E-state index contributed by atoms with van der Waals surface area (Å²) in [5.41, 5.74) is 1.50. The van der Waals surface area contributed by atoms with Crippen molar-refractivity contribution in [3.05, 3.63) is 35.4 Å². The maximum absolute atomic E-state index is 11.0. The Hall–Kier alpha value is -1.57. The van der Waals surface area contributed by atoms with Crippen molar-refractivity contribution < 1.29 is 9.90 Å². The maximum Gasteiger partial charge on any atom is 0.308 e. The molecule has 1 aromatic rings. The summed E-state index contributed by atoms with van der Waals surface area (Å²) in [7, 11) is 0. The Morgan fingerprint density at radius 2 is 2.24 bits per heavy atom. The van der Waals surface area contributed by atoms with E-state index in [2.05, 4.69) is 11.4 Å².